The number of carbonyl (C=O) groups is 1. The van der Waals surface area contributed by atoms with Gasteiger partial charge in [0, 0.05) is 24.2 Å². The first-order valence-corrected chi connectivity index (χ1v) is 8.57. The fourth-order valence-electron chi connectivity index (χ4n) is 2.38. The van der Waals surface area contributed by atoms with Crippen LogP contribution in [0.3, 0.4) is 0 Å². The van der Waals surface area contributed by atoms with Gasteiger partial charge in [-0.1, -0.05) is 12.1 Å². The standard InChI is InChI=1S/C19H19F2N5O2/c1-28-18(27)12-4-2-11(3-5-12)16-15(17(20)21)10-24-19(26-16)25-14(8-22)9-23-13-6-7-13/h2-5,8-10,13,17H,6-7,22H2,1H3,(H,24,25,26). The third-order valence-electron chi connectivity index (χ3n) is 4.04. The average Bonchev–Trinajstić information content (AvgIpc) is 3.54. The topological polar surface area (TPSA) is 102 Å². The summed E-state index contributed by atoms with van der Waals surface area (Å²) < 4.78 is 31.5. The van der Waals surface area contributed by atoms with Crippen molar-refractivity contribution in [3.8, 4) is 11.3 Å². The number of alkyl halides is 2. The van der Waals surface area contributed by atoms with E-state index in [1.54, 1.807) is 6.21 Å². The summed E-state index contributed by atoms with van der Waals surface area (Å²) >= 11 is 0. The van der Waals surface area contributed by atoms with Gasteiger partial charge in [0.05, 0.1) is 35.7 Å². The molecular weight excluding hydrogens is 368 g/mol. The molecule has 3 rings (SSSR count). The van der Waals surface area contributed by atoms with Gasteiger partial charge in [0.15, 0.2) is 0 Å². The van der Waals surface area contributed by atoms with Gasteiger partial charge in [-0.3, -0.25) is 4.99 Å². The van der Waals surface area contributed by atoms with Crippen molar-refractivity contribution >= 4 is 18.1 Å². The predicted molar refractivity (Wildman–Crippen MR) is 101 cm³/mol. The van der Waals surface area contributed by atoms with Gasteiger partial charge in [0.25, 0.3) is 6.43 Å². The van der Waals surface area contributed by atoms with E-state index in [1.165, 1.54) is 37.6 Å². The predicted octanol–water partition coefficient (Wildman–Crippen LogP) is 3.31. The van der Waals surface area contributed by atoms with Crippen LogP contribution in [0.5, 0.6) is 0 Å². The normalized spacial score (nSPS) is 14.5. The van der Waals surface area contributed by atoms with Crippen molar-refractivity contribution in [2.24, 2.45) is 10.7 Å². The van der Waals surface area contributed by atoms with Crippen molar-refractivity contribution in [3.05, 3.63) is 53.5 Å². The van der Waals surface area contributed by atoms with Crippen LogP contribution in [0.1, 0.15) is 35.2 Å². The van der Waals surface area contributed by atoms with Gasteiger partial charge in [-0.15, -0.1) is 0 Å². The number of nitrogens with one attached hydrogen (secondary N) is 1. The molecule has 0 spiro atoms. The number of hydrogen-bond acceptors (Lipinski definition) is 7. The Morgan fingerprint density at radius 3 is 2.64 bits per heavy atom. The summed E-state index contributed by atoms with van der Waals surface area (Å²) in [6, 6.07) is 6.33. The van der Waals surface area contributed by atoms with E-state index in [4.69, 9.17) is 5.73 Å². The van der Waals surface area contributed by atoms with Gasteiger partial charge >= 0.3 is 5.97 Å². The van der Waals surface area contributed by atoms with Crippen LogP contribution in [0.4, 0.5) is 14.7 Å². The second-order valence-corrected chi connectivity index (χ2v) is 6.12. The Morgan fingerprint density at radius 1 is 1.36 bits per heavy atom. The molecule has 3 N–H and O–H groups in total. The number of allylic oxidation sites excluding steroid dienone is 1. The first-order valence-electron chi connectivity index (χ1n) is 8.57. The van der Waals surface area contributed by atoms with E-state index in [9.17, 15) is 13.6 Å². The van der Waals surface area contributed by atoms with Crippen LogP contribution in [-0.4, -0.2) is 35.3 Å². The molecule has 1 fully saturated rings. The van der Waals surface area contributed by atoms with E-state index in [0.717, 1.165) is 19.0 Å². The zero-order valence-corrected chi connectivity index (χ0v) is 15.1. The number of aromatic nitrogens is 2. The van der Waals surface area contributed by atoms with Crippen LogP contribution in [0.15, 0.2) is 47.4 Å². The van der Waals surface area contributed by atoms with E-state index in [0.29, 0.717) is 22.9 Å². The minimum Gasteiger partial charge on any atom is -0.465 e. The molecule has 0 radical (unpaired) electrons. The number of nitrogens with two attached hydrogens (primary N) is 1. The molecule has 2 aromatic rings. The number of hydrogen-bond donors (Lipinski definition) is 2. The number of benzene rings is 1. The maximum Gasteiger partial charge on any atom is 0.337 e. The van der Waals surface area contributed by atoms with Gasteiger partial charge in [0.1, 0.15) is 0 Å². The lowest BCUT2D eigenvalue weighted by Gasteiger charge is -2.11. The Kier molecular flexibility index (Phi) is 5.93. The third-order valence-corrected chi connectivity index (χ3v) is 4.04. The number of ether oxygens (including phenoxy) is 1. The molecule has 9 heteroatoms. The Labute approximate surface area is 160 Å². The molecule has 1 aliphatic carbocycles. The fraction of sp³-hybridized carbons (Fsp3) is 0.263. The number of carbonyl (C=O) groups excluding carboxylic acids is 1. The molecule has 1 aromatic carbocycles. The summed E-state index contributed by atoms with van der Waals surface area (Å²) in [4.78, 5) is 24.0. The average molecular weight is 387 g/mol. The minimum atomic E-state index is -2.76. The second-order valence-electron chi connectivity index (χ2n) is 6.12. The van der Waals surface area contributed by atoms with E-state index in [-0.39, 0.29) is 17.2 Å². The van der Waals surface area contributed by atoms with Gasteiger partial charge in [-0.05, 0) is 25.0 Å². The summed E-state index contributed by atoms with van der Waals surface area (Å²) in [5.41, 5.74) is 6.50. The Morgan fingerprint density at radius 2 is 2.07 bits per heavy atom. The number of methoxy groups -OCH3 is 1. The summed E-state index contributed by atoms with van der Waals surface area (Å²) in [5.74, 6) is -0.409. The van der Waals surface area contributed by atoms with Crippen molar-refractivity contribution in [2.45, 2.75) is 25.3 Å². The zero-order chi connectivity index (χ0) is 20.1. The molecule has 0 amide bonds. The summed E-state index contributed by atoms with van der Waals surface area (Å²) in [7, 11) is 1.27. The molecule has 0 unspecified atom stereocenters. The maximum absolute atomic E-state index is 13.4. The first kappa shape index (κ1) is 19.4. The fourth-order valence-corrected chi connectivity index (χ4v) is 2.38. The van der Waals surface area contributed by atoms with Crippen LogP contribution >= 0.6 is 0 Å². The van der Waals surface area contributed by atoms with Gasteiger partial charge in [-0.2, -0.15) is 0 Å². The second kappa shape index (κ2) is 8.55. The van der Waals surface area contributed by atoms with E-state index in [1.807, 2.05) is 0 Å². The zero-order valence-electron chi connectivity index (χ0n) is 15.1. The number of anilines is 1. The van der Waals surface area contributed by atoms with Crippen molar-refractivity contribution in [1.82, 2.24) is 9.97 Å². The summed E-state index contributed by atoms with van der Waals surface area (Å²) in [5, 5.41) is 2.87. The number of esters is 1. The molecule has 1 aliphatic rings. The summed E-state index contributed by atoms with van der Waals surface area (Å²) in [6.07, 6.45) is 3.27. The molecular formula is C19H19F2N5O2. The van der Waals surface area contributed by atoms with Crippen molar-refractivity contribution in [2.75, 3.05) is 12.4 Å². The van der Waals surface area contributed by atoms with Gasteiger partial charge < -0.3 is 15.8 Å². The Hall–Kier alpha value is -3.36. The van der Waals surface area contributed by atoms with E-state index < -0.39 is 12.4 Å². The lowest BCUT2D eigenvalue weighted by atomic mass is 10.1. The Balaban J connectivity index is 1.90. The lowest BCUT2D eigenvalue weighted by molar-refractivity contribution is 0.0600. The minimum absolute atomic E-state index is 0.0550. The molecule has 1 saturated carbocycles. The molecule has 1 heterocycles. The van der Waals surface area contributed by atoms with Crippen LogP contribution < -0.4 is 11.1 Å². The van der Waals surface area contributed by atoms with E-state index in [2.05, 4.69) is 25.0 Å². The van der Waals surface area contributed by atoms with Crippen LogP contribution in [0.25, 0.3) is 11.3 Å². The summed E-state index contributed by atoms with van der Waals surface area (Å²) in [6.45, 7) is 0. The van der Waals surface area contributed by atoms with Crippen LogP contribution in [0.2, 0.25) is 0 Å². The first-order chi connectivity index (χ1) is 13.5. The highest BCUT2D eigenvalue weighted by molar-refractivity contribution is 5.90. The molecule has 28 heavy (non-hydrogen) atoms. The molecule has 7 nitrogen and oxygen atoms in total. The van der Waals surface area contributed by atoms with Gasteiger partial charge in [0.2, 0.25) is 5.95 Å². The highest BCUT2D eigenvalue weighted by atomic mass is 19.3. The quantitative estimate of drug-likeness (QED) is 0.558. The van der Waals surface area contributed by atoms with Crippen molar-refractivity contribution in [1.29, 1.82) is 0 Å². The highest BCUT2D eigenvalue weighted by Gasteiger charge is 2.20. The van der Waals surface area contributed by atoms with Crippen LogP contribution in [-0.2, 0) is 4.74 Å². The number of rotatable bonds is 7. The number of aliphatic imine (C=N–C) groups is 1. The number of halogens is 2. The third kappa shape index (κ3) is 4.67. The SMILES string of the molecule is COC(=O)c1ccc(-c2nc(NC(C=NC3CC3)=CN)ncc2C(F)F)cc1. The molecule has 0 aliphatic heterocycles. The molecule has 1 aromatic heterocycles. The largest absolute Gasteiger partial charge is 0.465 e. The smallest absolute Gasteiger partial charge is 0.337 e. The van der Waals surface area contributed by atoms with Crippen molar-refractivity contribution in [3.63, 3.8) is 0 Å². The van der Waals surface area contributed by atoms with Crippen molar-refractivity contribution < 1.29 is 18.3 Å². The van der Waals surface area contributed by atoms with Crippen LogP contribution in [0, 0.1) is 0 Å². The highest BCUT2D eigenvalue weighted by Crippen LogP contribution is 2.30. The number of nitrogens with zero attached hydrogens (tertiary/aromatic N) is 3. The molecule has 0 saturated heterocycles. The lowest BCUT2D eigenvalue weighted by Crippen LogP contribution is -2.09. The monoisotopic (exact) mass is 387 g/mol. The molecule has 0 atom stereocenters. The Bertz CT molecular complexity index is 909. The molecule has 0 bridgehead atoms. The molecule has 146 valence electrons. The van der Waals surface area contributed by atoms with E-state index >= 15 is 0 Å². The maximum atomic E-state index is 13.4. The van der Waals surface area contributed by atoms with Gasteiger partial charge in [-0.25, -0.2) is 23.5 Å².